The molecule has 3 N–H and O–H groups in total. The zero-order chi connectivity index (χ0) is 29.1. The van der Waals surface area contributed by atoms with Crippen LogP contribution < -0.4 is 15.0 Å². The first kappa shape index (κ1) is 31.3. The van der Waals surface area contributed by atoms with E-state index in [1.165, 1.54) is 10.6 Å². The third-order valence-electron chi connectivity index (χ3n) is 6.01. The molecule has 3 aromatic rings. The molecule has 1 heterocycles. The van der Waals surface area contributed by atoms with E-state index in [9.17, 15) is 18.0 Å². The monoisotopic (exact) mass is 611 g/mol. The first-order valence-corrected chi connectivity index (χ1v) is 15.1. The van der Waals surface area contributed by atoms with Crippen LogP contribution in [0.3, 0.4) is 0 Å². The zero-order valence-electron chi connectivity index (χ0n) is 22.2. The highest BCUT2D eigenvalue weighted by Crippen LogP contribution is 2.35. The molecule has 0 aliphatic rings. The van der Waals surface area contributed by atoms with E-state index >= 15 is 0 Å². The number of halogens is 2. The minimum Gasteiger partial charge on any atom is -0.318 e. The van der Waals surface area contributed by atoms with Gasteiger partial charge in [-0.15, -0.1) is 0 Å². The topological polar surface area (TPSA) is 118 Å². The minimum atomic E-state index is -2.19. The Morgan fingerprint density at radius 3 is 2.31 bits per heavy atom. The fraction of sp³-hybridized carbons (Fsp3) is 0.333. The van der Waals surface area contributed by atoms with Gasteiger partial charge < -0.3 is 4.57 Å². The Kier molecular flexibility index (Phi) is 10.4. The van der Waals surface area contributed by atoms with Crippen molar-refractivity contribution in [1.29, 1.82) is 0 Å². The number of rotatable bonds is 10. The zero-order valence-corrected chi connectivity index (χ0v) is 25.4. The van der Waals surface area contributed by atoms with Crippen molar-refractivity contribution in [2.45, 2.75) is 44.9 Å². The summed E-state index contributed by atoms with van der Waals surface area (Å²) < 4.78 is 39.4. The number of hydrogen-bond acceptors (Lipinski definition) is 4. The van der Waals surface area contributed by atoms with Gasteiger partial charge in [-0.25, -0.2) is 17.9 Å². The van der Waals surface area contributed by atoms with Crippen molar-refractivity contribution in [3.8, 4) is 11.1 Å². The van der Waals surface area contributed by atoms with Crippen LogP contribution in [0.2, 0.25) is 10.0 Å². The van der Waals surface area contributed by atoms with Gasteiger partial charge in [0.25, 0.3) is 5.56 Å². The molecule has 1 aromatic heterocycles. The van der Waals surface area contributed by atoms with Crippen LogP contribution in [0.5, 0.6) is 0 Å². The molecule has 2 aromatic carbocycles. The maximum atomic E-state index is 13.7. The Labute approximate surface area is 243 Å². The average Bonchev–Trinajstić information content (AvgIpc) is 2.85. The summed E-state index contributed by atoms with van der Waals surface area (Å²) >= 11 is 10.4. The van der Waals surface area contributed by atoms with E-state index in [0.717, 1.165) is 0 Å². The van der Waals surface area contributed by atoms with Gasteiger partial charge in [0.05, 0.1) is 15.7 Å². The van der Waals surface area contributed by atoms with Crippen molar-refractivity contribution in [2.75, 3.05) is 6.54 Å². The summed E-state index contributed by atoms with van der Waals surface area (Å²) in [5.74, 6) is -0.302. The first-order valence-electron chi connectivity index (χ1n) is 12.0. The van der Waals surface area contributed by atoms with Crippen LogP contribution in [0.1, 0.15) is 60.8 Å². The van der Waals surface area contributed by atoms with Gasteiger partial charge in [-0.1, -0.05) is 23.2 Å². The largest absolute Gasteiger partial charge is 0.318 e. The second kappa shape index (κ2) is 13.0. The van der Waals surface area contributed by atoms with Gasteiger partial charge in [-0.3, -0.25) is 14.1 Å². The van der Waals surface area contributed by atoms with Gasteiger partial charge >= 0.3 is 0 Å². The molecule has 0 aliphatic carbocycles. The fourth-order valence-electron chi connectivity index (χ4n) is 3.88. The number of carbonyl (C=O) groups is 1. The third-order valence-corrected chi connectivity index (χ3v) is 8.75. The van der Waals surface area contributed by atoms with Crippen molar-refractivity contribution in [3.63, 3.8) is 0 Å². The molecule has 210 valence electrons. The van der Waals surface area contributed by atoms with Crippen molar-refractivity contribution in [1.82, 2.24) is 14.0 Å². The Hall–Kier alpha value is -2.18. The minimum absolute atomic E-state index is 0.162. The van der Waals surface area contributed by atoms with Crippen molar-refractivity contribution < 1.29 is 17.8 Å². The molecule has 3 rings (SSSR count). The summed E-state index contributed by atoms with van der Waals surface area (Å²) in [5.41, 5.74) is 2.72. The van der Waals surface area contributed by atoms with Crippen LogP contribution in [0.25, 0.3) is 11.1 Å². The predicted molar refractivity (Wildman–Crippen MR) is 159 cm³/mol. The summed E-state index contributed by atoms with van der Waals surface area (Å²) in [6, 6.07) is 10.8. The maximum absolute atomic E-state index is 13.7. The van der Waals surface area contributed by atoms with E-state index in [2.05, 4.69) is 9.44 Å². The van der Waals surface area contributed by atoms with Crippen LogP contribution in [-0.2, 0) is 35.7 Å². The molecular weight excluding hydrogens is 581 g/mol. The van der Waals surface area contributed by atoms with Gasteiger partial charge in [0.2, 0.25) is 11.3 Å². The number of hydrogen-bond donors (Lipinski definition) is 3. The van der Waals surface area contributed by atoms with Gasteiger partial charge in [-0.2, -0.15) is 0 Å². The van der Waals surface area contributed by atoms with Crippen LogP contribution in [-0.4, -0.2) is 34.6 Å². The highest BCUT2D eigenvalue weighted by atomic mass is 35.5. The Morgan fingerprint density at radius 2 is 1.72 bits per heavy atom. The highest BCUT2D eigenvalue weighted by molar-refractivity contribution is 7.84. The molecular formula is C27H31Cl2N3O5S2. The highest BCUT2D eigenvalue weighted by Gasteiger charge is 2.26. The molecule has 0 fully saturated rings. The number of nitrogens with zero attached hydrogens (tertiary/aromatic N) is 1. The molecule has 0 aliphatic heterocycles. The summed E-state index contributed by atoms with van der Waals surface area (Å²) in [5, 5.41) is 0.800. The van der Waals surface area contributed by atoms with E-state index in [-0.39, 0.29) is 17.9 Å². The molecule has 0 radical (unpaired) electrons. The van der Waals surface area contributed by atoms with Crippen molar-refractivity contribution >= 4 is 51.2 Å². The average molecular weight is 613 g/mol. The number of carbonyl (C=O) groups excluding carboxylic acids is 1. The molecule has 0 bridgehead atoms. The first-order chi connectivity index (χ1) is 18.2. The SMILES string of the molecule is C[C@H](NS(=O)C(C)(C)C)c1cc(=O)n(C)cc1-c1cc(CCNS(=O)O)c(Cl)cc1C(=O)c1ccc(Cl)cc1. The third kappa shape index (κ3) is 7.94. The number of pyridine rings is 1. The van der Waals surface area contributed by atoms with Crippen LogP contribution in [0, 0.1) is 0 Å². The van der Waals surface area contributed by atoms with Crippen molar-refractivity contribution in [2.24, 2.45) is 7.05 Å². The Morgan fingerprint density at radius 1 is 1.08 bits per heavy atom. The molecule has 12 heteroatoms. The van der Waals surface area contributed by atoms with E-state index in [1.54, 1.807) is 56.6 Å². The summed E-state index contributed by atoms with van der Waals surface area (Å²) in [6.45, 7) is 7.50. The molecule has 0 saturated heterocycles. The van der Waals surface area contributed by atoms with Gasteiger partial charge in [-0.05, 0) is 87.2 Å². The fourth-order valence-corrected chi connectivity index (χ4v) is 5.34. The van der Waals surface area contributed by atoms with Gasteiger partial charge in [0.1, 0.15) is 0 Å². The van der Waals surface area contributed by atoms with Crippen LogP contribution in [0.4, 0.5) is 0 Å². The lowest BCUT2D eigenvalue weighted by molar-refractivity contribution is 0.103. The molecule has 0 amide bonds. The summed E-state index contributed by atoms with van der Waals surface area (Å²) in [4.78, 5) is 26.4. The second-order valence-electron chi connectivity index (χ2n) is 10.0. The lowest BCUT2D eigenvalue weighted by atomic mass is 9.89. The van der Waals surface area contributed by atoms with Gasteiger partial charge in [0.15, 0.2) is 5.78 Å². The Bertz CT molecular complexity index is 1480. The van der Waals surface area contributed by atoms with E-state index < -0.39 is 33.0 Å². The normalized spacial score (nSPS) is 14.2. The van der Waals surface area contributed by atoms with E-state index in [4.69, 9.17) is 27.8 Å². The standard InChI is InChI=1S/C27H31Cl2N3O5S2/c1-16(31-38(35)27(2,3)4)20-14-25(33)32(5)15-23(20)21-12-18(10-11-30-39(36)37)24(29)13-22(21)26(34)17-6-8-19(28)9-7-17/h6-9,12-16,30-31H,10-11H2,1-5H3,(H,36,37)/t16-,38?/m0/s1. The molecule has 0 saturated carbocycles. The summed E-state index contributed by atoms with van der Waals surface area (Å²) in [6.07, 6.45) is 1.94. The lowest BCUT2D eigenvalue weighted by Gasteiger charge is -2.24. The van der Waals surface area contributed by atoms with Crippen molar-refractivity contribution in [3.05, 3.63) is 91.3 Å². The number of benzene rings is 2. The van der Waals surface area contributed by atoms with Crippen LogP contribution in [0.15, 0.2) is 53.5 Å². The second-order valence-corrected chi connectivity index (χ2v) is 13.7. The lowest BCUT2D eigenvalue weighted by Crippen LogP contribution is -2.35. The molecule has 3 atom stereocenters. The Balaban J connectivity index is 2.24. The smallest absolute Gasteiger partial charge is 0.250 e. The summed E-state index contributed by atoms with van der Waals surface area (Å²) in [7, 11) is 0.182. The van der Waals surface area contributed by atoms with Gasteiger partial charge in [0, 0.05) is 58.6 Å². The van der Waals surface area contributed by atoms with Crippen LogP contribution >= 0.6 is 23.2 Å². The molecule has 0 spiro atoms. The number of nitrogens with one attached hydrogen (secondary N) is 2. The van der Waals surface area contributed by atoms with E-state index in [1.807, 2.05) is 20.8 Å². The number of aromatic nitrogens is 1. The number of ketones is 1. The van der Waals surface area contributed by atoms with E-state index in [0.29, 0.717) is 49.8 Å². The maximum Gasteiger partial charge on any atom is 0.250 e. The quantitative estimate of drug-likeness (QED) is 0.221. The number of aryl methyl sites for hydroxylation is 1. The molecule has 8 nitrogen and oxygen atoms in total. The predicted octanol–water partition coefficient (Wildman–Crippen LogP) is 4.97. The molecule has 2 unspecified atom stereocenters. The molecule has 39 heavy (non-hydrogen) atoms.